The third-order valence-electron chi connectivity index (χ3n) is 5.77. The van der Waals surface area contributed by atoms with Crippen LogP contribution < -0.4 is 0 Å². The Labute approximate surface area is 214 Å². The highest BCUT2D eigenvalue weighted by Gasteiger charge is 2.10. The van der Waals surface area contributed by atoms with Gasteiger partial charge in [0.15, 0.2) is 0 Å². The number of benzene rings is 3. The lowest BCUT2D eigenvalue weighted by atomic mass is 10.1. The van der Waals surface area contributed by atoms with E-state index < -0.39 is 0 Å². The number of phenols is 1. The van der Waals surface area contributed by atoms with Gasteiger partial charge >= 0.3 is 0 Å². The van der Waals surface area contributed by atoms with Crippen LogP contribution in [0.5, 0.6) is 5.75 Å². The lowest BCUT2D eigenvalue weighted by Crippen LogP contribution is -2.00. The van der Waals surface area contributed by atoms with Crippen molar-refractivity contribution in [2.45, 2.75) is 39.5 Å². The van der Waals surface area contributed by atoms with Crippen molar-refractivity contribution in [1.82, 2.24) is 30.0 Å². The molecule has 0 unspecified atom stereocenters. The number of nitrogens with zero attached hydrogens (tertiary/aromatic N) is 6. The second kappa shape index (κ2) is 12.1. The highest BCUT2D eigenvalue weighted by molar-refractivity contribution is 5.39. The van der Waals surface area contributed by atoms with Crippen molar-refractivity contribution in [3.8, 4) is 5.75 Å². The summed E-state index contributed by atoms with van der Waals surface area (Å²) in [5.41, 5.74) is 5.14. The van der Waals surface area contributed by atoms with Gasteiger partial charge in [-0.15, -0.1) is 10.2 Å². The lowest BCUT2D eigenvalue weighted by molar-refractivity contribution is 0.0973. The minimum Gasteiger partial charge on any atom is -0.507 e. The van der Waals surface area contributed by atoms with Gasteiger partial charge in [0, 0.05) is 11.1 Å². The highest BCUT2D eigenvalue weighted by atomic mass is 16.5. The van der Waals surface area contributed by atoms with E-state index in [2.05, 4.69) is 20.6 Å². The maximum atomic E-state index is 10.7. The molecule has 0 saturated carbocycles. The minimum absolute atomic E-state index is 0.169. The van der Waals surface area contributed by atoms with Gasteiger partial charge in [-0.3, -0.25) is 0 Å². The molecule has 37 heavy (non-hydrogen) atoms. The predicted molar refractivity (Wildman–Crippen MR) is 136 cm³/mol. The van der Waals surface area contributed by atoms with Crippen molar-refractivity contribution in [2.75, 3.05) is 0 Å². The van der Waals surface area contributed by atoms with Gasteiger partial charge in [0.25, 0.3) is 0 Å². The summed E-state index contributed by atoms with van der Waals surface area (Å²) >= 11 is 0. The van der Waals surface area contributed by atoms with Gasteiger partial charge in [-0.2, -0.15) is 0 Å². The van der Waals surface area contributed by atoms with Crippen LogP contribution in [0.2, 0.25) is 0 Å². The van der Waals surface area contributed by atoms with Gasteiger partial charge in [-0.25, -0.2) is 9.36 Å². The van der Waals surface area contributed by atoms with Crippen molar-refractivity contribution >= 4 is 0 Å². The van der Waals surface area contributed by atoms with Crippen molar-refractivity contribution in [1.29, 1.82) is 0 Å². The first-order chi connectivity index (χ1) is 18.2. The molecule has 0 atom stereocenters. The molecule has 9 heteroatoms. The first-order valence-electron chi connectivity index (χ1n) is 12.0. The third kappa shape index (κ3) is 6.87. The summed E-state index contributed by atoms with van der Waals surface area (Å²) in [7, 11) is 0. The zero-order valence-corrected chi connectivity index (χ0v) is 20.3. The second-order valence-electron chi connectivity index (χ2n) is 8.70. The van der Waals surface area contributed by atoms with Gasteiger partial charge in [0.1, 0.15) is 17.1 Å². The summed E-state index contributed by atoms with van der Waals surface area (Å²) in [6.45, 7) is 2.40. The molecule has 0 saturated heterocycles. The van der Waals surface area contributed by atoms with Gasteiger partial charge in [-0.05, 0) is 11.1 Å². The first kappa shape index (κ1) is 24.4. The Hall–Kier alpha value is -4.34. The Morgan fingerprint density at radius 2 is 1.03 bits per heavy atom. The van der Waals surface area contributed by atoms with Crippen LogP contribution in [0.1, 0.15) is 33.6 Å². The van der Waals surface area contributed by atoms with Crippen LogP contribution in [-0.4, -0.2) is 35.1 Å². The molecule has 3 aromatic carbocycles. The molecule has 0 radical (unpaired) electrons. The molecule has 0 spiro atoms. The van der Waals surface area contributed by atoms with Gasteiger partial charge in [-0.1, -0.05) is 89.3 Å². The predicted octanol–water partition coefficient (Wildman–Crippen LogP) is 4.11. The molecule has 188 valence electrons. The van der Waals surface area contributed by atoms with Crippen LogP contribution in [0.15, 0.2) is 91.3 Å². The molecule has 2 heterocycles. The molecular weight excluding hydrogens is 468 g/mol. The van der Waals surface area contributed by atoms with E-state index in [0.717, 1.165) is 22.5 Å². The third-order valence-corrected chi connectivity index (χ3v) is 5.77. The Bertz CT molecular complexity index is 1300. The van der Waals surface area contributed by atoms with E-state index in [0.29, 0.717) is 37.4 Å². The lowest BCUT2D eigenvalue weighted by Gasteiger charge is -2.10. The number of hydrogen-bond acceptors (Lipinski definition) is 7. The fraction of sp³-hybridized carbons (Fsp3) is 0.214. The Balaban J connectivity index is 1.08. The van der Waals surface area contributed by atoms with Crippen LogP contribution in [0, 0.1) is 0 Å². The Morgan fingerprint density at radius 3 is 1.49 bits per heavy atom. The van der Waals surface area contributed by atoms with E-state index >= 15 is 0 Å². The Kier molecular flexibility index (Phi) is 7.94. The maximum absolute atomic E-state index is 10.7. The SMILES string of the molecule is Oc1c(COCc2cn(Cc3ccccc3)nn2)cccc1COCc1cn(Cc2ccccc2)nn1. The second-order valence-corrected chi connectivity index (χ2v) is 8.70. The van der Waals surface area contributed by atoms with E-state index in [1.165, 1.54) is 0 Å². The van der Waals surface area contributed by atoms with Crippen LogP contribution >= 0.6 is 0 Å². The molecule has 0 amide bonds. The molecule has 0 fully saturated rings. The zero-order valence-electron chi connectivity index (χ0n) is 20.3. The van der Waals surface area contributed by atoms with Gasteiger partial charge in [0.05, 0.1) is 51.9 Å². The number of hydrogen-bond donors (Lipinski definition) is 1. The summed E-state index contributed by atoms with van der Waals surface area (Å²) in [6, 6.07) is 25.7. The van der Waals surface area contributed by atoms with E-state index in [9.17, 15) is 5.11 Å². The van der Waals surface area contributed by atoms with Crippen molar-refractivity contribution in [3.63, 3.8) is 0 Å². The molecule has 0 bridgehead atoms. The molecule has 0 aliphatic carbocycles. The summed E-state index contributed by atoms with van der Waals surface area (Å²) in [5.74, 6) is 0.169. The fourth-order valence-corrected chi connectivity index (χ4v) is 3.91. The standard InChI is InChI=1S/C28H28N6O3/c35-28-24(18-36-20-26-16-33(31-29-26)14-22-8-3-1-4-9-22)12-7-13-25(28)19-37-21-27-17-34(32-30-27)15-23-10-5-2-6-11-23/h1-13,16-17,35H,14-15,18-21H2. The van der Waals surface area contributed by atoms with Crippen molar-refractivity contribution in [3.05, 3.63) is 125 Å². The molecule has 5 rings (SSSR count). The summed E-state index contributed by atoms with van der Waals surface area (Å²) < 4.78 is 15.1. The number of para-hydroxylation sites is 1. The summed E-state index contributed by atoms with van der Waals surface area (Å²) in [5, 5.41) is 27.4. The number of aromatic nitrogens is 6. The van der Waals surface area contributed by atoms with Crippen molar-refractivity contribution in [2.24, 2.45) is 0 Å². The van der Waals surface area contributed by atoms with Crippen LogP contribution in [0.4, 0.5) is 0 Å². The smallest absolute Gasteiger partial charge is 0.126 e. The number of ether oxygens (including phenoxy) is 2. The average molecular weight is 497 g/mol. The van der Waals surface area contributed by atoms with Crippen molar-refractivity contribution < 1.29 is 14.6 Å². The van der Waals surface area contributed by atoms with Crippen LogP contribution in [-0.2, 0) is 49.0 Å². The molecular formula is C28H28N6O3. The molecule has 1 N–H and O–H groups in total. The molecule has 0 aliphatic heterocycles. The summed E-state index contributed by atoms with van der Waals surface area (Å²) in [6.07, 6.45) is 3.74. The number of aromatic hydroxyl groups is 1. The molecule has 9 nitrogen and oxygen atoms in total. The number of phenolic OH excluding ortho intramolecular Hbond substituents is 1. The topological polar surface area (TPSA) is 100 Å². The van der Waals surface area contributed by atoms with Crippen LogP contribution in [0.25, 0.3) is 0 Å². The van der Waals surface area contributed by atoms with E-state index in [1.54, 1.807) is 9.36 Å². The molecule has 2 aromatic heterocycles. The number of rotatable bonds is 12. The van der Waals surface area contributed by atoms with Crippen LogP contribution in [0.3, 0.4) is 0 Å². The quantitative estimate of drug-likeness (QED) is 0.277. The zero-order chi connectivity index (χ0) is 25.3. The van der Waals surface area contributed by atoms with Gasteiger partial charge < -0.3 is 14.6 Å². The first-order valence-corrected chi connectivity index (χ1v) is 12.0. The largest absolute Gasteiger partial charge is 0.507 e. The molecule has 5 aromatic rings. The van der Waals surface area contributed by atoms with E-state index in [-0.39, 0.29) is 19.0 Å². The van der Waals surface area contributed by atoms with E-state index in [4.69, 9.17) is 9.47 Å². The minimum atomic E-state index is 0.169. The van der Waals surface area contributed by atoms with E-state index in [1.807, 2.05) is 91.3 Å². The normalized spacial score (nSPS) is 11.1. The molecule has 0 aliphatic rings. The highest BCUT2D eigenvalue weighted by Crippen LogP contribution is 2.24. The average Bonchev–Trinajstić information content (AvgIpc) is 3.56. The maximum Gasteiger partial charge on any atom is 0.126 e. The Morgan fingerprint density at radius 1 is 0.568 bits per heavy atom. The monoisotopic (exact) mass is 496 g/mol. The fourth-order valence-electron chi connectivity index (χ4n) is 3.91. The summed E-state index contributed by atoms with van der Waals surface area (Å²) in [4.78, 5) is 0. The van der Waals surface area contributed by atoms with Gasteiger partial charge in [0.2, 0.25) is 0 Å².